The molecule has 0 atom stereocenters. The lowest BCUT2D eigenvalue weighted by molar-refractivity contribution is 0.112. The third-order valence-electron chi connectivity index (χ3n) is 2.37. The molecular formula is C13H6I4O3. The molecule has 3 nitrogen and oxygen atoms in total. The van der Waals surface area contributed by atoms with Crippen LogP contribution in [0.2, 0.25) is 0 Å². The van der Waals surface area contributed by atoms with Gasteiger partial charge in [-0.05, 0) is 115 Å². The summed E-state index contributed by atoms with van der Waals surface area (Å²) in [5.74, 6) is 1.64. The minimum Gasteiger partial charge on any atom is -0.506 e. The molecule has 20 heavy (non-hydrogen) atoms. The van der Waals surface area contributed by atoms with Crippen molar-refractivity contribution < 1.29 is 14.6 Å². The first-order chi connectivity index (χ1) is 9.42. The number of rotatable bonds is 3. The van der Waals surface area contributed by atoms with Crippen LogP contribution in [0.1, 0.15) is 10.4 Å². The van der Waals surface area contributed by atoms with Crippen LogP contribution in [0.4, 0.5) is 0 Å². The molecule has 0 amide bonds. The van der Waals surface area contributed by atoms with Crippen molar-refractivity contribution in [3.05, 3.63) is 44.1 Å². The van der Waals surface area contributed by atoms with Crippen molar-refractivity contribution in [1.82, 2.24) is 0 Å². The summed E-state index contributed by atoms with van der Waals surface area (Å²) >= 11 is 8.41. The summed E-state index contributed by atoms with van der Waals surface area (Å²) in [5, 5.41) is 9.76. The zero-order valence-electron chi connectivity index (χ0n) is 9.66. The number of carbonyl (C=O) groups excluding carboxylic acids is 1. The van der Waals surface area contributed by atoms with E-state index in [1.807, 2.05) is 0 Å². The molecule has 2 aromatic rings. The number of aromatic hydroxyl groups is 1. The number of benzene rings is 2. The molecule has 0 radical (unpaired) electrons. The average molecular weight is 724 g/mol. The molecule has 7 heteroatoms. The van der Waals surface area contributed by atoms with Crippen LogP contribution in [0.15, 0.2) is 24.3 Å². The van der Waals surface area contributed by atoms with E-state index in [4.69, 9.17) is 4.74 Å². The molecule has 1 N–H and O–H groups in total. The standard InChI is InChI=1S/C13H6I4O3/c14-8-3-7(4-9(15)12(8)19)20-13-10(16)1-6(5-18)2-11(13)17/h1-5,19H/i3+1,4+1,7+1,8+1,9+1,12+1. The van der Waals surface area contributed by atoms with Gasteiger partial charge in [0.1, 0.15) is 17.8 Å². The van der Waals surface area contributed by atoms with Crippen LogP contribution in [0.5, 0.6) is 17.2 Å². The minimum absolute atomic E-state index is 0.263. The van der Waals surface area contributed by atoms with Crippen molar-refractivity contribution in [2.75, 3.05) is 0 Å². The normalized spacial score (nSPS) is 10.4. The molecule has 2 rings (SSSR count). The first-order valence-electron chi connectivity index (χ1n) is 5.22. The van der Waals surface area contributed by atoms with Gasteiger partial charge in [0.15, 0.2) is 5.75 Å². The second-order valence-electron chi connectivity index (χ2n) is 3.77. The highest BCUT2D eigenvalue weighted by atomic mass is 127. The van der Waals surface area contributed by atoms with E-state index >= 15 is 0 Å². The Bertz CT molecular complexity index is 639. The summed E-state index contributed by atoms with van der Waals surface area (Å²) < 4.78 is 9.12. The van der Waals surface area contributed by atoms with E-state index in [0.717, 1.165) is 20.6 Å². The Morgan fingerprint density at radius 2 is 1.40 bits per heavy atom. The van der Waals surface area contributed by atoms with Crippen LogP contribution in [0, 0.1) is 14.3 Å². The van der Waals surface area contributed by atoms with Gasteiger partial charge in [-0.25, -0.2) is 0 Å². The Morgan fingerprint density at radius 1 is 0.900 bits per heavy atom. The monoisotopic (exact) mass is 724 g/mol. The van der Waals surface area contributed by atoms with Crippen molar-refractivity contribution in [2.45, 2.75) is 0 Å². The largest absolute Gasteiger partial charge is 0.506 e. The van der Waals surface area contributed by atoms with E-state index in [-0.39, 0.29) is 5.75 Å². The molecule has 0 spiro atoms. The SMILES string of the molecule is O=Cc1cc(I)c(O[13c]2[13cH][13c](I)[13c](O)[13c](I)[13cH]2)c(I)c1. The number of hydrogen-bond acceptors (Lipinski definition) is 3. The van der Waals surface area contributed by atoms with Gasteiger partial charge < -0.3 is 9.84 Å². The number of hydrogen-bond donors (Lipinski definition) is 1. The molecule has 0 aliphatic heterocycles. The summed E-state index contributed by atoms with van der Waals surface area (Å²) in [6.07, 6.45) is 0.820. The number of phenols is 1. The zero-order chi connectivity index (χ0) is 14.9. The number of phenolic OH excluding ortho intramolecular Hbond substituents is 1. The molecule has 0 aliphatic carbocycles. The number of carbonyl (C=O) groups is 1. The van der Waals surface area contributed by atoms with E-state index in [0.29, 0.717) is 17.1 Å². The molecule has 0 heterocycles. The fourth-order valence-corrected chi connectivity index (χ4v) is 5.21. The van der Waals surface area contributed by atoms with Crippen LogP contribution >= 0.6 is 90.4 Å². The van der Waals surface area contributed by atoms with Crippen molar-refractivity contribution in [2.24, 2.45) is 0 Å². The van der Waals surface area contributed by atoms with Crippen LogP contribution < -0.4 is 4.74 Å². The van der Waals surface area contributed by atoms with Gasteiger partial charge in [0.05, 0.1) is 14.3 Å². The van der Waals surface area contributed by atoms with E-state index < -0.39 is 0 Å². The van der Waals surface area contributed by atoms with E-state index in [1.165, 1.54) is 0 Å². The summed E-state index contributed by atoms with van der Waals surface area (Å²) in [6, 6.07) is 7.11. The Morgan fingerprint density at radius 3 is 1.85 bits per heavy atom. The fourth-order valence-electron chi connectivity index (χ4n) is 1.46. The second-order valence-corrected chi connectivity index (χ2v) is 8.42. The molecule has 0 bridgehead atoms. The van der Waals surface area contributed by atoms with Crippen LogP contribution in [0.25, 0.3) is 0 Å². The van der Waals surface area contributed by atoms with Crippen molar-refractivity contribution in [3.8, 4) is 17.2 Å². The highest BCUT2D eigenvalue weighted by Gasteiger charge is 2.12. The molecule has 0 unspecified atom stereocenters. The van der Waals surface area contributed by atoms with Gasteiger partial charge in [-0.15, -0.1) is 0 Å². The molecule has 0 saturated carbocycles. The zero-order valence-corrected chi connectivity index (χ0v) is 18.3. The lowest BCUT2D eigenvalue weighted by atomic mass is 10.2. The predicted molar refractivity (Wildman–Crippen MR) is 111 cm³/mol. The Kier molecular flexibility index (Phi) is 6.17. The van der Waals surface area contributed by atoms with E-state index in [9.17, 15) is 9.90 Å². The third-order valence-corrected chi connectivity index (χ3v) is 5.61. The minimum atomic E-state index is 0.263. The Labute approximate surface area is 170 Å². The topological polar surface area (TPSA) is 46.5 Å². The van der Waals surface area contributed by atoms with E-state index in [1.54, 1.807) is 24.3 Å². The van der Waals surface area contributed by atoms with Crippen molar-refractivity contribution in [1.29, 1.82) is 0 Å². The quantitative estimate of drug-likeness (QED) is 0.341. The van der Waals surface area contributed by atoms with Gasteiger partial charge in [-0.3, -0.25) is 4.79 Å². The lowest BCUT2D eigenvalue weighted by Gasteiger charge is -2.12. The van der Waals surface area contributed by atoms with Crippen molar-refractivity contribution >= 4 is 96.6 Å². The molecule has 0 fully saturated rings. The maximum atomic E-state index is 10.8. The van der Waals surface area contributed by atoms with Crippen LogP contribution in [-0.4, -0.2) is 11.4 Å². The predicted octanol–water partition coefficient (Wildman–Crippen LogP) is 5.42. The van der Waals surface area contributed by atoms with E-state index in [2.05, 4.69) is 90.4 Å². The summed E-state index contributed by atoms with van der Waals surface area (Å²) in [6.45, 7) is 0. The first kappa shape index (κ1) is 17.0. The molecular weight excluding hydrogens is 718 g/mol. The first-order valence-corrected chi connectivity index (χ1v) is 9.54. The molecule has 0 saturated heterocycles. The highest BCUT2D eigenvalue weighted by Crippen LogP contribution is 2.36. The molecule has 2 aromatic carbocycles. The highest BCUT2D eigenvalue weighted by molar-refractivity contribution is 14.1. The second kappa shape index (κ2) is 7.26. The maximum Gasteiger partial charge on any atom is 0.154 e. The summed E-state index contributed by atoms with van der Waals surface area (Å²) in [5.41, 5.74) is 0.626. The van der Waals surface area contributed by atoms with Gasteiger partial charge in [-0.1, -0.05) is 0 Å². The average Bonchev–Trinajstić information content (AvgIpc) is 2.39. The Balaban J connectivity index is 2.42. The molecule has 104 valence electrons. The molecule has 0 aromatic heterocycles. The van der Waals surface area contributed by atoms with Gasteiger partial charge in [0, 0.05) is 5.56 Å². The third kappa shape index (κ3) is 3.88. The lowest BCUT2D eigenvalue weighted by Crippen LogP contribution is -1.94. The maximum absolute atomic E-state index is 10.8. The van der Waals surface area contributed by atoms with Crippen LogP contribution in [-0.2, 0) is 0 Å². The number of aldehydes is 1. The van der Waals surface area contributed by atoms with Gasteiger partial charge in [-0.2, -0.15) is 0 Å². The van der Waals surface area contributed by atoms with Gasteiger partial charge >= 0.3 is 0 Å². The van der Waals surface area contributed by atoms with Crippen LogP contribution in [0.3, 0.4) is 0 Å². The number of halogens is 4. The van der Waals surface area contributed by atoms with Gasteiger partial charge in [0.2, 0.25) is 0 Å². The van der Waals surface area contributed by atoms with Gasteiger partial charge in [0.25, 0.3) is 0 Å². The smallest absolute Gasteiger partial charge is 0.154 e. The Hall–Kier alpha value is 0.630. The fraction of sp³-hybridized carbons (Fsp3) is 0. The molecule has 0 aliphatic rings. The number of ether oxygens (including phenoxy) is 1. The van der Waals surface area contributed by atoms with Crippen molar-refractivity contribution in [3.63, 3.8) is 0 Å². The summed E-state index contributed by atoms with van der Waals surface area (Å²) in [7, 11) is 0. The summed E-state index contributed by atoms with van der Waals surface area (Å²) in [4.78, 5) is 10.8.